The zero-order chi connectivity index (χ0) is 46.9. The van der Waals surface area contributed by atoms with Gasteiger partial charge in [0.15, 0.2) is 12.6 Å². The third kappa shape index (κ3) is 11.4. The number of hydrogen-bond acceptors (Lipinski definition) is 15. The predicted octanol–water partition coefficient (Wildman–Crippen LogP) is 3.36. The zero-order valence-electron chi connectivity index (χ0n) is 39.4. The molecule has 62 heavy (non-hydrogen) atoms. The Hall–Kier alpha value is -1.84. The number of methoxy groups -OCH3 is 1. The molecule has 0 amide bonds. The Labute approximate surface area is 370 Å². The number of sulfonamides is 1. The fourth-order valence-electron chi connectivity index (χ4n) is 9.79. The van der Waals surface area contributed by atoms with E-state index in [1.165, 1.54) is 33.2 Å². The van der Waals surface area contributed by atoms with Gasteiger partial charge in [-0.1, -0.05) is 45.4 Å². The zero-order valence-corrected chi connectivity index (χ0v) is 40.2. The molecule has 3 aliphatic heterocycles. The number of cyclic esters (lactones) is 1. The van der Waals surface area contributed by atoms with E-state index in [0.717, 1.165) is 9.87 Å². The molecule has 358 valence electrons. The van der Waals surface area contributed by atoms with E-state index in [4.69, 9.17) is 28.4 Å². The Kier molecular flexibility index (Phi) is 17.7. The highest BCUT2D eigenvalue weighted by molar-refractivity contribution is 7.89. The van der Waals surface area contributed by atoms with Gasteiger partial charge in [0.25, 0.3) is 0 Å². The Morgan fingerprint density at radius 2 is 1.53 bits per heavy atom. The van der Waals surface area contributed by atoms with Crippen molar-refractivity contribution in [2.24, 2.45) is 17.8 Å². The van der Waals surface area contributed by atoms with Gasteiger partial charge in [-0.15, -0.1) is 0 Å². The summed E-state index contributed by atoms with van der Waals surface area (Å²) in [5.74, 6) is -3.03. The summed E-state index contributed by atoms with van der Waals surface area (Å²) in [6, 6.07) is 4.88. The molecule has 5 N–H and O–H groups in total. The van der Waals surface area contributed by atoms with E-state index in [2.05, 4.69) is 0 Å². The van der Waals surface area contributed by atoms with Crippen LogP contribution in [0.15, 0.2) is 29.2 Å². The third-order valence-electron chi connectivity index (χ3n) is 14.1. The monoisotopic (exact) mass is 903 g/mol. The average Bonchev–Trinajstić information content (AvgIpc) is 3.21. The number of hydrogen-bond donors (Lipinski definition) is 5. The molecule has 0 bridgehead atoms. The normalized spacial score (nSPS) is 43.7. The number of esters is 1. The molecule has 4 rings (SSSR count). The van der Waals surface area contributed by atoms with Gasteiger partial charge in [-0.3, -0.25) is 4.79 Å². The van der Waals surface area contributed by atoms with Crippen molar-refractivity contribution in [1.29, 1.82) is 0 Å². The second-order valence-corrected chi connectivity index (χ2v) is 21.3. The minimum atomic E-state index is -4.08. The van der Waals surface area contributed by atoms with Crippen LogP contribution in [0.3, 0.4) is 0 Å². The Balaban J connectivity index is 1.84. The molecule has 0 aliphatic carbocycles. The van der Waals surface area contributed by atoms with Gasteiger partial charge in [-0.2, -0.15) is 4.31 Å². The number of ether oxygens (including phenoxy) is 6. The van der Waals surface area contributed by atoms with E-state index in [9.17, 15) is 38.7 Å². The van der Waals surface area contributed by atoms with E-state index >= 15 is 0 Å². The van der Waals surface area contributed by atoms with Crippen LogP contribution in [-0.2, 0) is 43.2 Å². The van der Waals surface area contributed by atoms with Gasteiger partial charge in [-0.25, -0.2) is 8.42 Å². The van der Waals surface area contributed by atoms with Crippen LogP contribution in [-0.4, -0.2) is 167 Å². The number of rotatable bonds is 10. The van der Waals surface area contributed by atoms with Crippen LogP contribution >= 0.6 is 0 Å². The highest BCUT2D eigenvalue weighted by Gasteiger charge is 2.53. The summed E-state index contributed by atoms with van der Waals surface area (Å²) in [5.41, 5.74) is -3.78. The molecular formula is C45H78N2O14S. The lowest BCUT2D eigenvalue weighted by Crippen LogP contribution is -2.61. The maximum Gasteiger partial charge on any atom is 0.311 e. The van der Waals surface area contributed by atoms with Crippen molar-refractivity contribution < 1.29 is 67.2 Å². The summed E-state index contributed by atoms with van der Waals surface area (Å²) in [7, 11) is 0.621. The number of carbonyl (C=O) groups excluding carboxylic acids is 1. The van der Waals surface area contributed by atoms with E-state index in [0.29, 0.717) is 13.0 Å². The number of aliphatic hydroxyl groups is 5. The summed E-state index contributed by atoms with van der Waals surface area (Å²) in [6.45, 7) is 19.4. The maximum absolute atomic E-state index is 14.4. The molecule has 3 aliphatic rings. The summed E-state index contributed by atoms with van der Waals surface area (Å²) in [4.78, 5) is 16.4. The SMILES string of the molecule is CC[C@@H]1C[C@H](N(C)S(=O)(=O)c2ccc(C)cc2)[C@@H](O)[C@H](O[C@@H]2[C@@H](C)[C@H](O[C@H]3C[C@@](C)(OC)[C@@H](O)[C@H](C)O3)[C@@H](C)C(=O)O[C@H](CC)[C@@](C)(O)[C@H](O)[C@@H](C)N(C)C[C@H](C)C[C@@]2(C)O)O1. The van der Waals surface area contributed by atoms with Gasteiger partial charge in [0.1, 0.15) is 30.0 Å². The lowest BCUT2D eigenvalue weighted by atomic mass is 9.77. The Morgan fingerprint density at radius 1 is 0.919 bits per heavy atom. The summed E-state index contributed by atoms with van der Waals surface area (Å²) in [5, 5.41) is 59.3. The first-order valence-corrected chi connectivity index (χ1v) is 23.7. The quantitative estimate of drug-likeness (QED) is 0.213. The van der Waals surface area contributed by atoms with Crippen molar-refractivity contribution in [3.05, 3.63) is 29.8 Å². The number of likely N-dealkylation sites (N-methyl/N-ethyl adjacent to an activating group) is 2. The number of benzene rings is 1. The molecule has 3 saturated heterocycles. The molecule has 1 aromatic rings. The van der Waals surface area contributed by atoms with Crippen LogP contribution in [0.4, 0.5) is 0 Å². The standard InChI is InChI=1S/C45H78N2O14S/c1-15-31-21-33(47(13)62(54,55)32-19-17-25(3)18-20-32)36(48)42(58-31)61-40-27(5)37(60-35-23-44(10,56-14)39(50)30(8)57-35)28(6)41(51)59-34(16-2)45(11,53)38(49)29(7)46(12)24-26(4)22-43(40,9)52/h17-20,26-31,33-40,42,48-50,52-53H,15-16,21-24H2,1-14H3/t26-,27+,28-,29-,30+,31-,33+,34-,35+,36-,37+,38-,39+,40-,42+,43-,44-,45-/m1/s1. The van der Waals surface area contributed by atoms with Crippen molar-refractivity contribution in [2.75, 3.05) is 27.7 Å². The highest BCUT2D eigenvalue weighted by atomic mass is 32.2. The van der Waals surface area contributed by atoms with Crippen molar-refractivity contribution in [3.8, 4) is 0 Å². The van der Waals surface area contributed by atoms with Crippen LogP contribution < -0.4 is 0 Å². The molecule has 1 aromatic carbocycles. The first-order valence-electron chi connectivity index (χ1n) is 22.3. The molecule has 3 heterocycles. The number of aryl methyl sites for hydroxylation is 1. The van der Waals surface area contributed by atoms with Crippen molar-refractivity contribution in [1.82, 2.24) is 9.21 Å². The van der Waals surface area contributed by atoms with E-state index in [1.54, 1.807) is 67.6 Å². The molecule has 16 nitrogen and oxygen atoms in total. The van der Waals surface area contributed by atoms with E-state index in [1.807, 2.05) is 25.7 Å². The molecule has 0 unspecified atom stereocenters. The van der Waals surface area contributed by atoms with Gasteiger partial charge in [0, 0.05) is 39.1 Å². The lowest BCUT2D eigenvalue weighted by Gasteiger charge is -2.49. The predicted molar refractivity (Wildman–Crippen MR) is 231 cm³/mol. The molecule has 17 heteroatoms. The molecule has 3 fully saturated rings. The molecule has 18 atom stereocenters. The first-order chi connectivity index (χ1) is 28.7. The van der Waals surface area contributed by atoms with Crippen molar-refractivity contribution in [2.45, 2.75) is 203 Å². The number of aliphatic hydroxyl groups excluding tert-OH is 3. The second-order valence-electron chi connectivity index (χ2n) is 19.3. The summed E-state index contributed by atoms with van der Waals surface area (Å²) >= 11 is 0. The summed E-state index contributed by atoms with van der Waals surface area (Å²) < 4.78 is 67.1. The summed E-state index contributed by atoms with van der Waals surface area (Å²) in [6.07, 6.45) is -10.1. The minimum Gasteiger partial charge on any atom is -0.459 e. The molecular weight excluding hydrogens is 825 g/mol. The Morgan fingerprint density at radius 3 is 2.10 bits per heavy atom. The minimum absolute atomic E-state index is 0.0633. The van der Waals surface area contributed by atoms with Crippen molar-refractivity contribution in [3.63, 3.8) is 0 Å². The smallest absolute Gasteiger partial charge is 0.311 e. The van der Waals surface area contributed by atoms with Gasteiger partial charge >= 0.3 is 5.97 Å². The topological polar surface area (TPSA) is 214 Å². The fraction of sp³-hybridized carbons (Fsp3) is 0.844. The lowest BCUT2D eigenvalue weighted by molar-refractivity contribution is -0.318. The maximum atomic E-state index is 14.4. The largest absolute Gasteiger partial charge is 0.459 e. The van der Waals surface area contributed by atoms with Crippen LogP contribution in [0.1, 0.15) is 107 Å². The molecule has 0 radical (unpaired) electrons. The molecule has 0 saturated carbocycles. The van der Waals surface area contributed by atoms with E-state index in [-0.39, 0.29) is 36.5 Å². The Bertz CT molecular complexity index is 1720. The number of nitrogens with zero attached hydrogens (tertiary/aromatic N) is 2. The molecule has 0 aromatic heterocycles. The van der Waals surface area contributed by atoms with Gasteiger partial charge in [0.2, 0.25) is 10.0 Å². The van der Waals surface area contributed by atoms with Gasteiger partial charge in [0.05, 0.1) is 52.5 Å². The first kappa shape index (κ1) is 52.8. The van der Waals surface area contributed by atoms with Crippen molar-refractivity contribution >= 4 is 16.0 Å². The second kappa shape index (κ2) is 20.8. The van der Waals surface area contributed by atoms with Gasteiger partial charge < -0.3 is 58.9 Å². The number of carbonyl (C=O) groups is 1. The van der Waals surface area contributed by atoms with Crippen LogP contribution in [0, 0.1) is 24.7 Å². The average molecular weight is 903 g/mol. The van der Waals surface area contributed by atoms with Gasteiger partial charge in [-0.05, 0) is 99.2 Å². The highest BCUT2D eigenvalue weighted by Crippen LogP contribution is 2.41. The molecule has 0 spiro atoms. The van der Waals surface area contributed by atoms with E-state index < -0.39 is 118 Å². The fourth-order valence-corrected chi connectivity index (χ4v) is 11.2. The van der Waals surface area contributed by atoms with Crippen LogP contribution in [0.2, 0.25) is 0 Å². The van der Waals surface area contributed by atoms with Crippen LogP contribution in [0.25, 0.3) is 0 Å². The third-order valence-corrected chi connectivity index (χ3v) is 16.0. The van der Waals surface area contributed by atoms with Crippen LogP contribution in [0.5, 0.6) is 0 Å².